The van der Waals surface area contributed by atoms with Gasteiger partial charge in [-0.2, -0.15) is 0 Å². The molecule has 0 unspecified atom stereocenters. The summed E-state index contributed by atoms with van der Waals surface area (Å²) in [4.78, 5) is 41.1. The van der Waals surface area contributed by atoms with Crippen molar-refractivity contribution in [3.05, 3.63) is 55.5 Å². The average molecular weight is 507 g/mol. The lowest BCUT2D eigenvalue weighted by molar-refractivity contribution is -0.392. The Labute approximate surface area is 198 Å². The number of aryl methyl sites for hydroxylation is 2. The number of rotatable bonds is 7. The van der Waals surface area contributed by atoms with Gasteiger partial charge in [-0.05, 0) is 37.0 Å². The topological polar surface area (TPSA) is 146 Å². The first kappa shape index (κ1) is 23.4. The van der Waals surface area contributed by atoms with Crippen LogP contribution in [-0.4, -0.2) is 31.5 Å². The molecular formula is C20H16F2N6O4S2. The molecule has 0 bridgehead atoms. The minimum absolute atomic E-state index is 0.0124. The van der Waals surface area contributed by atoms with Crippen LogP contribution in [0.15, 0.2) is 24.3 Å². The Balaban J connectivity index is 1.84. The molecule has 0 spiro atoms. The highest BCUT2D eigenvalue weighted by Crippen LogP contribution is 2.44. The van der Waals surface area contributed by atoms with E-state index in [1.807, 2.05) is 13.0 Å². The number of alkyl halides is 2. The molecule has 0 radical (unpaired) electrons. The summed E-state index contributed by atoms with van der Waals surface area (Å²) in [5, 5.41) is 18.0. The molecule has 0 aliphatic rings. The van der Waals surface area contributed by atoms with Crippen LogP contribution in [0.1, 0.15) is 32.4 Å². The number of amides is 2. The van der Waals surface area contributed by atoms with Crippen LogP contribution < -0.4 is 11.1 Å². The number of anilines is 1. The predicted molar refractivity (Wildman–Crippen MR) is 123 cm³/mol. The van der Waals surface area contributed by atoms with Crippen LogP contribution in [0.3, 0.4) is 0 Å². The SMILES string of the molecule is Cc1cc([N+](=O)[O-])n(CC(=O)Nc2c(C(N)=O)sc3nc(C(F)F)cc(-c4ccc(C)s4)c23)n1. The number of hydrogen-bond acceptors (Lipinski definition) is 8. The highest BCUT2D eigenvalue weighted by molar-refractivity contribution is 7.21. The number of carbonyl (C=O) groups is 2. The van der Waals surface area contributed by atoms with Gasteiger partial charge in [-0.15, -0.1) is 27.4 Å². The number of halogens is 2. The second-order valence-electron chi connectivity index (χ2n) is 7.26. The number of nitrogens with zero attached hydrogens (tertiary/aromatic N) is 4. The molecule has 0 saturated carbocycles. The summed E-state index contributed by atoms with van der Waals surface area (Å²) in [6, 6.07) is 5.99. The van der Waals surface area contributed by atoms with E-state index in [0.717, 1.165) is 20.9 Å². The molecule has 0 aromatic carbocycles. The van der Waals surface area contributed by atoms with Crippen molar-refractivity contribution in [3.63, 3.8) is 0 Å². The third kappa shape index (κ3) is 4.36. The number of thiophene rings is 2. The summed E-state index contributed by atoms with van der Waals surface area (Å²) in [5.74, 6) is -1.98. The largest absolute Gasteiger partial charge is 0.365 e. The maximum Gasteiger partial charge on any atom is 0.345 e. The fourth-order valence-corrected chi connectivity index (χ4v) is 5.31. The Bertz CT molecular complexity index is 1460. The van der Waals surface area contributed by atoms with Crippen molar-refractivity contribution in [2.75, 3.05) is 5.32 Å². The quantitative estimate of drug-likeness (QED) is 0.280. The minimum atomic E-state index is -2.86. The van der Waals surface area contributed by atoms with Crippen LogP contribution >= 0.6 is 22.7 Å². The molecule has 0 fully saturated rings. The van der Waals surface area contributed by atoms with Gasteiger partial charge in [0.25, 0.3) is 18.2 Å². The predicted octanol–water partition coefficient (Wildman–Crippen LogP) is 4.42. The number of nitro groups is 1. The molecule has 4 heterocycles. The highest BCUT2D eigenvalue weighted by Gasteiger charge is 2.27. The van der Waals surface area contributed by atoms with Crippen molar-refractivity contribution in [3.8, 4) is 10.4 Å². The zero-order valence-corrected chi connectivity index (χ0v) is 19.3. The maximum atomic E-state index is 13.5. The number of nitrogens with one attached hydrogen (secondary N) is 1. The van der Waals surface area contributed by atoms with E-state index in [-0.39, 0.29) is 26.6 Å². The molecule has 176 valence electrons. The Hall–Kier alpha value is -3.78. The normalized spacial score (nSPS) is 11.3. The number of nitrogens with two attached hydrogens (primary N) is 1. The van der Waals surface area contributed by atoms with Gasteiger partial charge in [0, 0.05) is 20.7 Å². The fraction of sp³-hybridized carbons (Fsp3) is 0.200. The lowest BCUT2D eigenvalue weighted by Gasteiger charge is -2.09. The van der Waals surface area contributed by atoms with Crippen molar-refractivity contribution < 1.29 is 23.3 Å². The number of aromatic nitrogens is 3. The number of fused-ring (bicyclic) bond motifs is 1. The zero-order chi connectivity index (χ0) is 24.7. The Morgan fingerprint density at radius 3 is 2.59 bits per heavy atom. The van der Waals surface area contributed by atoms with Crippen molar-refractivity contribution in [1.82, 2.24) is 14.8 Å². The van der Waals surface area contributed by atoms with E-state index < -0.39 is 35.4 Å². The van der Waals surface area contributed by atoms with E-state index in [1.54, 1.807) is 13.0 Å². The van der Waals surface area contributed by atoms with Gasteiger partial charge in [-0.1, -0.05) is 5.10 Å². The van der Waals surface area contributed by atoms with E-state index in [9.17, 15) is 28.5 Å². The van der Waals surface area contributed by atoms with E-state index in [2.05, 4.69) is 15.4 Å². The Kier molecular flexibility index (Phi) is 6.10. The number of hydrogen-bond donors (Lipinski definition) is 2. The molecule has 10 nitrogen and oxygen atoms in total. The minimum Gasteiger partial charge on any atom is -0.365 e. The summed E-state index contributed by atoms with van der Waals surface area (Å²) in [6.45, 7) is 2.88. The summed E-state index contributed by atoms with van der Waals surface area (Å²) < 4.78 is 28.0. The second kappa shape index (κ2) is 8.87. The standard InChI is InChI=1S/C20H16F2N6O4S2/c1-8-5-14(28(31)32)27(26-8)7-13(29)25-16-15-10(12-4-3-9(2)33-12)6-11(18(21)22)24-20(15)34-17(16)19(23)30/h3-6,18H,7H2,1-2H3,(H2,23,30)(H,25,29). The zero-order valence-electron chi connectivity index (χ0n) is 17.7. The third-order valence-electron chi connectivity index (χ3n) is 4.76. The van der Waals surface area contributed by atoms with Crippen LogP contribution in [0.5, 0.6) is 0 Å². The van der Waals surface area contributed by atoms with Gasteiger partial charge in [-0.3, -0.25) is 9.59 Å². The molecule has 3 N–H and O–H groups in total. The Morgan fingerprint density at radius 1 is 1.26 bits per heavy atom. The van der Waals surface area contributed by atoms with Crippen molar-refractivity contribution >= 4 is 56.2 Å². The lowest BCUT2D eigenvalue weighted by atomic mass is 10.1. The van der Waals surface area contributed by atoms with Crippen LogP contribution in [0.25, 0.3) is 20.7 Å². The molecule has 0 aliphatic heterocycles. The monoisotopic (exact) mass is 506 g/mol. The molecule has 4 aromatic heterocycles. The van der Waals surface area contributed by atoms with E-state index >= 15 is 0 Å². The smallest absolute Gasteiger partial charge is 0.345 e. The Morgan fingerprint density at radius 2 is 2.00 bits per heavy atom. The van der Waals surface area contributed by atoms with Gasteiger partial charge < -0.3 is 21.2 Å². The molecule has 4 rings (SSSR count). The van der Waals surface area contributed by atoms with Crippen molar-refractivity contribution in [2.24, 2.45) is 5.73 Å². The van der Waals surface area contributed by atoms with Crippen LogP contribution in [0, 0.1) is 24.0 Å². The maximum absolute atomic E-state index is 13.5. The molecule has 0 atom stereocenters. The van der Waals surface area contributed by atoms with Gasteiger partial charge in [0.1, 0.15) is 15.4 Å². The van der Waals surface area contributed by atoms with Gasteiger partial charge in [-0.25, -0.2) is 13.8 Å². The van der Waals surface area contributed by atoms with Crippen molar-refractivity contribution in [1.29, 1.82) is 0 Å². The van der Waals surface area contributed by atoms with Crippen LogP contribution in [0.2, 0.25) is 0 Å². The third-order valence-corrected chi connectivity index (χ3v) is 6.89. The number of primary amides is 1. The van der Waals surface area contributed by atoms with E-state index in [1.165, 1.54) is 23.5 Å². The first-order valence-corrected chi connectivity index (χ1v) is 11.3. The molecule has 2 amide bonds. The van der Waals surface area contributed by atoms with Crippen LogP contribution in [-0.2, 0) is 11.3 Å². The van der Waals surface area contributed by atoms with Crippen LogP contribution in [0.4, 0.5) is 20.3 Å². The average Bonchev–Trinajstić information content (AvgIpc) is 3.44. The van der Waals surface area contributed by atoms with Gasteiger partial charge in [0.2, 0.25) is 0 Å². The molecule has 14 heteroatoms. The molecule has 34 heavy (non-hydrogen) atoms. The summed E-state index contributed by atoms with van der Waals surface area (Å²) in [7, 11) is 0. The van der Waals surface area contributed by atoms with Gasteiger partial charge in [0.15, 0.2) is 6.54 Å². The van der Waals surface area contributed by atoms with Crippen molar-refractivity contribution in [2.45, 2.75) is 26.8 Å². The summed E-state index contributed by atoms with van der Waals surface area (Å²) in [5.41, 5.74) is 5.74. The molecule has 0 aliphatic carbocycles. The number of carbonyl (C=O) groups excluding carboxylic acids is 2. The summed E-state index contributed by atoms with van der Waals surface area (Å²) in [6.07, 6.45) is -2.86. The van der Waals surface area contributed by atoms with Gasteiger partial charge >= 0.3 is 5.82 Å². The van der Waals surface area contributed by atoms with E-state index in [4.69, 9.17) is 5.73 Å². The molecular weight excluding hydrogens is 490 g/mol. The lowest BCUT2D eigenvalue weighted by Crippen LogP contribution is -2.22. The molecule has 0 saturated heterocycles. The second-order valence-corrected chi connectivity index (χ2v) is 9.55. The highest BCUT2D eigenvalue weighted by atomic mass is 32.1. The molecule has 4 aromatic rings. The summed E-state index contributed by atoms with van der Waals surface area (Å²) >= 11 is 2.13. The number of pyridine rings is 1. The van der Waals surface area contributed by atoms with Gasteiger partial charge in [0.05, 0.1) is 17.4 Å². The first-order chi connectivity index (χ1) is 16.0. The van der Waals surface area contributed by atoms with E-state index in [0.29, 0.717) is 16.1 Å². The first-order valence-electron chi connectivity index (χ1n) is 9.66. The fourth-order valence-electron chi connectivity index (χ4n) is 3.41.